The van der Waals surface area contributed by atoms with E-state index >= 15 is 0 Å². The Morgan fingerprint density at radius 2 is 1.78 bits per heavy atom. The van der Waals surface area contributed by atoms with Crippen LogP contribution in [0.15, 0.2) is 47.4 Å². The number of nitro groups is 2. The summed E-state index contributed by atoms with van der Waals surface area (Å²) in [5.41, 5.74) is -0.827. The van der Waals surface area contributed by atoms with Crippen molar-refractivity contribution in [1.82, 2.24) is 0 Å². The van der Waals surface area contributed by atoms with Crippen molar-refractivity contribution < 1.29 is 14.6 Å². The third-order valence-corrected chi connectivity index (χ3v) is 4.61. The van der Waals surface area contributed by atoms with E-state index in [4.69, 9.17) is 5.26 Å². The molecule has 27 heavy (non-hydrogen) atoms. The summed E-state index contributed by atoms with van der Waals surface area (Å²) in [6, 6.07) is 11.7. The number of nitriles is 1. The van der Waals surface area contributed by atoms with Crippen LogP contribution < -0.4 is 5.32 Å². The SMILES string of the molecule is CC(CC#N)Sc1ccccc1NC(=O)c1cc([N+](=O)[O-])cc([N+](=O)[O-])c1. The van der Waals surface area contributed by atoms with Crippen LogP contribution in [0.4, 0.5) is 17.1 Å². The van der Waals surface area contributed by atoms with E-state index in [9.17, 15) is 25.0 Å². The molecule has 0 aliphatic rings. The van der Waals surface area contributed by atoms with Gasteiger partial charge in [0.25, 0.3) is 17.3 Å². The van der Waals surface area contributed by atoms with Crippen molar-refractivity contribution in [3.63, 3.8) is 0 Å². The number of hydrogen-bond acceptors (Lipinski definition) is 7. The fourth-order valence-corrected chi connectivity index (χ4v) is 3.19. The molecule has 138 valence electrons. The zero-order valence-electron chi connectivity index (χ0n) is 14.1. The Kier molecular flexibility index (Phi) is 6.46. The maximum Gasteiger partial charge on any atom is 0.277 e. The second-order valence-corrected chi connectivity index (χ2v) is 6.97. The van der Waals surface area contributed by atoms with Gasteiger partial charge >= 0.3 is 0 Å². The van der Waals surface area contributed by atoms with Crippen LogP contribution in [-0.4, -0.2) is 21.0 Å². The largest absolute Gasteiger partial charge is 0.321 e. The number of para-hydroxylation sites is 1. The van der Waals surface area contributed by atoms with E-state index in [0.717, 1.165) is 18.2 Å². The van der Waals surface area contributed by atoms with Gasteiger partial charge in [-0.25, -0.2) is 0 Å². The lowest BCUT2D eigenvalue weighted by atomic mass is 10.1. The van der Waals surface area contributed by atoms with Crippen LogP contribution in [-0.2, 0) is 0 Å². The van der Waals surface area contributed by atoms with Crippen LogP contribution in [0.1, 0.15) is 23.7 Å². The molecular weight excluding hydrogens is 372 g/mol. The van der Waals surface area contributed by atoms with Gasteiger partial charge in [-0.05, 0) is 12.1 Å². The fourth-order valence-electron chi connectivity index (χ4n) is 2.19. The number of nitro benzene ring substituents is 2. The monoisotopic (exact) mass is 386 g/mol. The quantitative estimate of drug-likeness (QED) is 0.428. The van der Waals surface area contributed by atoms with Gasteiger partial charge in [0, 0.05) is 28.7 Å². The van der Waals surface area contributed by atoms with E-state index in [1.54, 1.807) is 24.3 Å². The van der Waals surface area contributed by atoms with Crippen molar-refractivity contribution in [2.45, 2.75) is 23.5 Å². The predicted molar refractivity (Wildman–Crippen MR) is 99.7 cm³/mol. The Hall–Kier alpha value is -3.45. The molecule has 9 nitrogen and oxygen atoms in total. The number of non-ortho nitro benzene ring substituents is 2. The number of benzene rings is 2. The lowest BCUT2D eigenvalue weighted by Crippen LogP contribution is -2.13. The molecule has 1 amide bonds. The molecule has 0 spiro atoms. The van der Waals surface area contributed by atoms with Crippen LogP contribution in [0.2, 0.25) is 0 Å². The normalized spacial score (nSPS) is 11.3. The molecule has 0 aliphatic heterocycles. The maximum atomic E-state index is 12.5. The number of rotatable bonds is 7. The molecular formula is C17H14N4O5S. The smallest absolute Gasteiger partial charge is 0.277 e. The van der Waals surface area contributed by atoms with E-state index in [1.807, 2.05) is 6.92 Å². The Morgan fingerprint density at radius 3 is 2.33 bits per heavy atom. The van der Waals surface area contributed by atoms with E-state index in [-0.39, 0.29) is 10.8 Å². The molecule has 0 fully saturated rings. The van der Waals surface area contributed by atoms with Crippen molar-refractivity contribution in [2.75, 3.05) is 5.32 Å². The summed E-state index contributed by atoms with van der Waals surface area (Å²) < 4.78 is 0. The van der Waals surface area contributed by atoms with Gasteiger partial charge in [-0.15, -0.1) is 11.8 Å². The molecule has 0 radical (unpaired) electrons. The molecule has 2 rings (SSSR count). The fraction of sp³-hybridized carbons (Fsp3) is 0.176. The van der Waals surface area contributed by atoms with E-state index in [2.05, 4.69) is 11.4 Å². The highest BCUT2D eigenvalue weighted by molar-refractivity contribution is 8.00. The predicted octanol–water partition coefficient (Wildman–Crippen LogP) is 4.15. The summed E-state index contributed by atoms with van der Waals surface area (Å²) in [7, 11) is 0. The summed E-state index contributed by atoms with van der Waals surface area (Å²) in [4.78, 5) is 33.6. The first-order valence-corrected chi connectivity index (χ1v) is 8.57. The van der Waals surface area contributed by atoms with E-state index in [1.165, 1.54) is 11.8 Å². The summed E-state index contributed by atoms with van der Waals surface area (Å²) >= 11 is 1.39. The van der Waals surface area contributed by atoms with Crippen LogP contribution >= 0.6 is 11.8 Å². The Morgan fingerprint density at radius 1 is 1.19 bits per heavy atom. The number of carbonyl (C=O) groups is 1. The molecule has 2 aromatic carbocycles. The minimum atomic E-state index is -0.794. The summed E-state index contributed by atoms with van der Waals surface area (Å²) in [6.45, 7) is 1.87. The van der Waals surface area contributed by atoms with Crippen molar-refractivity contribution in [2.24, 2.45) is 0 Å². The lowest BCUT2D eigenvalue weighted by molar-refractivity contribution is -0.394. The molecule has 0 saturated carbocycles. The number of thioether (sulfide) groups is 1. The van der Waals surface area contributed by atoms with Crippen LogP contribution in [0.25, 0.3) is 0 Å². The van der Waals surface area contributed by atoms with Gasteiger partial charge in [-0.1, -0.05) is 19.1 Å². The van der Waals surface area contributed by atoms with Gasteiger partial charge in [0.05, 0.1) is 33.2 Å². The zero-order chi connectivity index (χ0) is 20.0. The second-order valence-electron chi connectivity index (χ2n) is 5.49. The number of amides is 1. The first kappa shape index (κ1) is 19.9. The van der Waals surface area contributed by atoms with Crippen molar-refractivity contribution in [3.8, 4) is 6.07 Å². The van der Waals surface area contributed by atoms with Gasteiger partial charge < -0.3 is 5.32 Å². The molecule has 2 aromatic rings. The Bertz CT molecular complexity index is 909. The highest BCUT2D eigenvalue weighted by atomic mass is 32.2. The zero-order valence-corrected chi connectivity index (χ0v) is 14.9. The average molecular weight is 386 g/mol. The number of hydrogen-bond donors (Lipinski definition) is 1. The molecule has 0 heterocycles. The van der Waals surface area contributed by atoms with Crippen molar-refractivity contribution >= 4 is 34.7 Å². The molecule has 0 bridgehead atoms. The van der Waals surface area contributed by atoms with Gasteiger partial charge in [0.2, 0.25) is 0 Å². The third kappa shape index (κ3) is 5.26. The summed E-state index contributed by atoms with van der Waals surface area (Å²) in [6.07, 6.45) is 0.323. The third-order valence-electron chi connectivity index (χ3n) is 3.43. The van der Waals surface area contributed by atoms with Gasteiger partial charge in [-0.2, -0.15) is 5.26 Å². The minimum absolute atomic E-state index is 0.00745. The van der Waals surface area contributed by atoms with Crippen molar-refractivity contribution in [3.05, 3.63) is 68.3 Å². The van der Waals surface area contributed by atoms with E-state index < -0.39 is 27.1 Å². The molecule has 1 atom stereocenters. The number of nitrogens with one attached hydrogen (secondary N) is 1. The standard InChI is InChI=1S/C17H14N4O5S/c1-11(6-7-18)27-16-5-3-2-4-15(16)19-17(22)12-8-13(20(23)24)10-14(9-12)21(25)26/h2-5,8-11H,6H2,1H3,(H,19,22). The van der Waals surface area contributed by atoms with Gasteiger partial charge in [-0.3, -0.25) is 25.0 Å². The molecule has 0 saturated heterocycles. The highest BCUT2D eigenvalue weighted by Crippen LogP contribution is 2.32. The summed E-state index contributed by atoms with van der Waals surface area (Å²) in [5, 5.41) is 33.3. The second kappa shape index (κ2) is 8.77. The molecule has 1 N–H and O–H groups in total. The van der Waals surface area contributed by atoms with Gasteiger partial charge in [0.1, 0.15) is 0 Å². The molecule has 0 aromatic heterocycles. The number of carbonyl (C=O) groups excluding carboxylic acids is 1. The highest BCUT2D eigenvalue weighted by Gasteiger charge is 2.20. The topological polar surface area (TPSA) is 139 Å². The summed E-state index contributed by atoms with van der Waals surface area (Å²) in [5.74, 6) is -0.706. The van der Waals surface area contributed by atoms with E-state index in [0.29, 0.717) is 17.0 Å². The number of anilines is 1. The first-order valence-electron chi connectivity index (χ1n) is 7.69. The molecule has 0 aliphatic carbocycles. The number of nitrogens with zero attached hydrogens (tertiary/aromatic N) is 3. The Labute approximate surface area is 158 Å². The lowest BCUT2D eigenvalue weighted by Gasteiger charge is -2.13. The van der Waals surface area contributed by atoms with Crippen LogP contribution in [0, 0.1) is 31.6 Å². The average Bonchev–Trinajstić information content (AvgIpc) is 2.63. The molecule has 1 unspecified atom stereocenters. The minimum Gasteiger partial charge on any atom is -0.321 e. The van der Waals surface area contributed by atoms with Crippen LogP contribution in [0.5, 0.6) is 0 Å². The first-order chi connectivity index (χ1) is 12.8. The van der Waals surface area contributed by atoms with Gasteiger partial charge in [0.15, 0.2) is 0 Å². The van der Waals surface area contributed by atoms with Crippen LogP contribution in [0.3, 0.4) is 0 Å². The Balaban J connectivity index is 2.32. The molecule has 10 heteroatoms. The maximum absolute atomic E-state index is 12.5. The van der Waals surface area contributed by atoms with Crippen molar-refractivity contribution in [1.29, 1.82) is 5.26 Å².